The maximum atomic E-state index is 13.2. The molecule has 3 aromatic heterocycles. The summed E-state index contributed by atoms with van der Waals surface area (Å²) in [6.45, 7) is 4.02. The molecule has 7 nitrogen and oxygen atoms in total. The Hall–Kier alpha value is -3.26. The first-order valence-corrected chi connectivity index (χ1v) is 9.70. The Labute approximate surface area is 165 Å². The summed E-state index contributed by atoms with van der Waals surface area (Å²) in [4.78, 5) is 18.7. The molecule has 8 heteroatoms. The van der Waals surface area contributed by atoms with Crippen molar-refractivity contribution in [1.29, 1.82) is 0 Å². The topological polar surface area (TPSA) is 109 Å². The third kappa shape index (κ3) is 3.01. The van der Waals surface area contributed by atoms with Gasteiger partial charge in [0.15, 0.2) is 5.95 Å². The van der Waals surface area contributed by atoms with Crippen LogP contribution >= 0.6 is 11.3 Å². The number of pyridine rings is 1. The van der Waals surface area contributed by atoms with E-state index in [1.54, 1.807) is 12.1 Å². The Balaban J connectivity index is 1.81. The van der Waals surface area contributed by atoms with Gasteiger partial charge < -0.3 is 15.4 Å². The number of rotatable bonds is 5. The van der Waals surface area contributed by atoms with E-state index in [0.717, 1.165) is 24.1 Å². The van der Waals surface area contributed by atoms with Crippen LogP contribution in [0.15, 0.2) is 40.9 Å². The highest BCUT2D eigenvalue weighted by Gasteiger charge is 2.32. The van der Waals surface area contributed by atoms with Gasteiger partial charge in [0.2, 0.25) is 5.69 Å². The predicted molar refractivity (Wildman–Crippen MR) is 104 cm³/mol. The summed E-state index contributed by atoms with van der Waals surface area (Å²) in [5.74, 6) is -1.33. The molecule has 0 radical (unpaired) electrons. The number of hydrogen-bond donors (Lipinski definition) is 1. The van der Waals surface area contributed by atoms with E-state index in [1.165, 1.54) is 16.0 Å². The van der Waals surface area contributed by atoms with Crippen LogP contribution in [0.2, 0.25) is 0 Å². The summed E-state index contributed by atoms with van der Waals surface area (Å²) >= 11 is 1.18. The molecule has 0 saturated carbocycles. The standard InChI is InChI=1S/C20H18N4O3S/c1-3-4-12-7-10-14-15(21)18(28-19(14)22-12)17(25)16-20(26)27-23-24(16)13-8-5-11(2)6-9-13/h5-10H,3-4H2,1-2H3,(H2-,21,23,25,26). The molecule has 0 unspecified atom stereocenters. The molecule has 4 rings (SSSR count). The Morgan fingerprint density at radius 3 is 2.71 bits per heavy atom. The molecule has 1 aromatic carbocycles. The maximum absolute atomic E-state index is 13.2. The second-order valence-corrected chi connectivity index (χ2v) is 7.53. The minimum absolute atomic E-state index is 0.184. The molecule has 28 heavy (non-hydrogen) atoms. The van der Waals surface area contributed by atoms with Gasteiger partial charge in [-0.2, -0.15) is 0 Å². The van der Waals surface area contributed by atoms with Gasteiger partial charge in [0.1, 0.15) is 9.71 Å². The first kappa shape index (κ1) is 18.1. The van der Waals surface area contributed by atoms with Crippen LogP contribution in [0, 0.1) is 6.92 Å². The summed E-state index contributed by atoms with van der Waals surface area (Å²) in [5.41, 5.74) is 8.90. The highest BCUT2D eigenvalue weighted by molar-refractivity contribution is 7.21. The van der Waals surface area contributed by atoms with Gasteiger partial charge in [0, 0.05) is 23.2 Å². The minimum Gasteiger partial charge on any atom is -0.539 e. The maximum Gasteiger partial charge on any atom is 0.312 e. The SMILES string of the molecule is CCCc1ccc2c(N)c(C(=O)c3c([O-])on[n+]3-c3ccc(C)cc3)sc2n1. The van der Waals surface area contributed by atoms with Crippen molar-refractivity contribution in [2.75, 3.05) is 5.73 Å². The number of fused-ring (bicyclic) bond motifs is 1. The zero-order chi connectivity index (χ0) is 19.8. The summed E-state index contributed by atoms with van der Waals surface area (Å²) in [7, 11) is 0. The lowest BCUT2D eigenvalue weighted by atomic mass is 10.1. The van der Waals surface area contributed by atoms with Crippen molar-refractivity contribution in [3.05, 3.63) is 58.2 Å². The molecule has 142 valence electrons. The van der Waals surface area contributed by atoms with Gasteiger partial charge in [-0.25, -0.2) is 4.98 Å². The predicted octanol–water partition coefficient (Wildman–Crippen LogP) is 2.71. The lowest BCUT2D eigenvalue weighted by Crippen LogP contribution is -2.39. The van der Waals surface area contributed by atoms with Crippen molar-refractivity contribution < 1.29 is 19.1 Å². The average molecular weight is 394 g/mol. The quantitative estimate of drug-likeness (QED) is 0.412. The highest BCUT2D eigenvalue weighted by Crippen LogP contribution is 2.34. The summed E-state index contributed by atoms with van der Waals surface area (Å²) in [5, 5.41) is 16.7. The van der Waals surface area contributed by atoms with E-state index in [-0.39, 0.29) is 10.6 Å². The zero-order valence-corrected chi connectivity index (χ0v) is 16.2. The molecule has 0 amide bonds. The van der Waals surface area contributed by atoms with Crippen molar-refractivity contribution in [2.45, 2.75) is 26.7 Å². The Morgan fingerprint density at radius 2 is 2.00 bits per heavy atom. The average Bonchev–Trinajstić information content (AvgIpc) is 3.22. The van der Waals surface area contributed by atoms with E-state index in [2.05, 4.69) is 17.2 Å². The van der Waals surface area contributed by atoms with Gasteiger partial charge in [-0.15, -0.1) is 11.3 Å². The van der Waals surface area contributed by atoms with Gasteiger partial charge >= 0.3 is 5.69 Å². The van der Waals surface area contributed by atoms with Crippen molar-refractivity contribution in [1.82, 2.24) is 10.3 Å². The number of hydrogen-bond acceptors (Lipinski definition) is 7. The van der Waals surface area contributed by atoms with Gasteiger partial charge in [0.25, 0.3) is 5.78 Å². The lowest BCUT2D eigenvalue weighted by Gasteiger charge is -1.99. The summed E-state index contributed by atoms with van der Waals surface area (Å²) in [6.07, 6.45) is 1.82. The van der Waals surface area contributed by atoms with Crippen LogP contribution < -0.4 is 15.5 Å². The van der Waals surface area contributed by atoms with Gasteiger partial charge in [-0.05, 0) is 30.2 Å². The van der Waals surface area contributed by atoms with E-state index in [0.29, 0.717) is 21.6 Å². The molecule has 3 heterocycles. The molecule has 0 fully saturated rings. The highest BCUT2D eigenvalue weighted by atomic mass is 32.1. The van der Waals surface area contributed by atoms with Crippen LogP contribution in [0.4, 0.5) is 5.69 Å². The number of nitrogen functional groups attached to an aromatic ring is 1. The molecule has 2 N–H and O–H groups in total. The molecule has 0 atom stereocenters. The molecule has 0 saturated heterocycles. The largest absolute Gasteiger partial charge is 0.539 e. The van der Waals surface area contributed by atoms with E-state index in [9.17, 15) is 9.90 Å². The fraction of sp³-hybridized carbons (Fsp3) is 0.200. The van der Waals surface area contributed by atoms with Gasteiger partial charge in [0.05, 0.1) is 11.0 Å². The Bertz CT molecular complexity index is 1180. The number of anilines is 1. The normalized spacial score (nSPS) is 11.2. The molecule has 0 bridgehead atoms. The number of aromatic nitrogens is 3. The fourth-order valence-corrected chi connectivity index (χ4v) is 4.06. The first-order valence-electron chi connectivity index (χ1n) is 8.88. The first-order chi connectivity index (χ1) is 13.5. The van der Waals surface area contributed by atoms with Gasteiger partial charge in [-0.3, -0.25) is 4.79 Å². The van der Waals surface area contributed by atoms with Crippen molar-refractivity contribution in [3.63, 3.8) is 0 Å². The second kappa shape index (κ2) is 7.05. The van der Waals surface area contributed by atoms with Crippen LogP contribution in [0.25, 0.3) is 15.9 Å². The van der Waals surface area contributed by atoms with E-state index >= 15 is 0 Å². The molecule has 0 aliphatic rings. The van der Waals surface area contributed by atoms with E-state index < -0.39 is 11.7 Å². The van der Waals surface area contributed by atoms with E-state index in [4.69, 9.17) is 10.3 Å². The fourth-order valence-electron chi connectivity index (χ4n) is 3.01. The van der Waals surface area contributed by atoms with Crippen LogP contribution in [0.1, 0.15) is 40.0 Å². The van der Waals surface area contributed by atoms with Crippen LogP contribution in [-0.4, -0.2) is 16.0 Å². The number of nitrogens with zero attached hydrogens (tertiary/aromatic N) is 3. The second-order valence-electron chi connectivity index (χ2n) is 6.54. The van der Waals surface area contributed by atoms with Crippen molar-refractivity contribution in [3.8, 4) is 11.6 Å². The van der Waals surface area contributed by atoms with Gasteiger partial charge in [-0.1, -0.05) is 31.0 Å². The number of thiophene rings is 1. The molecular weight excluding hydrogens is 376 g/mol. The van der Waals surface area contributed by atoms with Crippen molar-refractivity contribution >= 4 is 33.0 Å². The molecule has 0 aliphatic heterocycles. The number of aryl methyl sites for hydroxylation is 2. The van der Waals surface area contributed by atoms with Crippen LogP contribution in [0.3, 0.4) is 0 Å². The number of ketones is 1. The summed E-state index contributed by atoms with van der Waals surface area (Å²) < 4.78 is 5.98. The smallest absolute Gasteiger partial charge is 0.312 e. The Morgan fingerprint density at radius 1 is 1.25 bits per heavy atom. The zero-order valence-electron chi connectivity index (χ0n) is 15.4. The number of nitrogens with two attached hydrogens (primary N) is 1. The molecule has 0 spiro atoms. The van der Waals surface area contributed by atoms with Crippen molar-refractivity contribution in [2.24, 2.45) is 0 Å². The molecule has 0 aliphatic carbocycles. The Kier molecular flexibility index (Phi) is 4.56. The lowest BCUT2D eigenvalue weighted by molar-refractivity contribution is -0.672. The molecule has 4 aromatic rings. The molecular formula is C20H18N4O3S. The number of carbonyl (C=O) groups excluding carboxylic acids is 1. The van der Waals surface area contributed by atoms with E-state index in [1.807, 2.05) is 31.2 Å². The third-order valence-electron chi connectivity index (χ3n) is 4.47. The van der Waals surface area contributed by atoms with Crippen LogP contribution in [0.5, 0.6) is 5.95 Å². The third-order valence-corrected chi connectivity index (χ3v) is 5.58. The number of benzene rings is 1. The summed E-state index contributed by atoms with van der Waals surface area (Å²) in [6, 6.07) is 11.0. The number of carbonyl (C=O) groups is 1. The minimum atomic E-state index is -0.804. The monoisotopic (exact) mass is 394 g/mol. The van der Waals surface area contributed by atoms with Crippen LogP contribution in [-0.2, 0) is 6.42 Å².